The van der Waals surface area contributed by atoms with Crippen LogP contribution in [0.4, 0.5) is 4.39 Å². The number of benzene rings is 2. The molecular weight excluding hydrogens is 413 g/mol. The maximum absolute atomic E-state index is 13.9. The second-order valence-corrected chi connectivity index (χ2v) is 7.40. The summed E-state index contributed by atoms with van der Waals surface area (Å²) >= 11 is 0. The van der Waals surface area contributed by atoms with Gasteiger partial charge in [-0.15, -0.1) is 0 Å². The van der Waals surface area contributed by atoms with Gasteiger partial charge in [-0.05, 0) is 48.0 Å². The van der Waals surface area contributed by atoms with E-state index in [9.17, 15) is 14.0 Å². The third-order valence-electron chi connectivity index (χ3n) is 5.38. The molecule has 1 aliphatic heterocycles. The number of amides is 1. The van der Waals surface area contributed by atoms with Gasteiger partial charge in [-0.3, -0.25) is 9.59 Å². The van der Waals surface area contributed by atoms with Gasteiger partial charge in [0.1, 0.15) is 29.5 Å². The Morgan fingerprint density at radius 1 is 1.12 bits per heavy atom. The predicted molar refractivity (Wildman–Crippen MR) is 115 cm³/mol. The lowest BCUT2D eigenvalue weighted by atomic mass is 9.98. The van der Waals surface area contributed by atoms with Crippen LogP contribution in [0.15, 0.2) is 87.1 Å². The molecule has 5 rings (SSSR count). The van der Waals surface area contributed by atoms with Crippen LogP contribution in [-0.2, 0) is 6.54 Å². The quantitative estimate of drug-likeness (QED) is 0.409. The van der Waals surface area contributed by atoms with Crippen LogP contribution in [0.2, 0.25) is 0 Å². The maximum atomic E-state index is 13.9. The number of carbonyl (C=O) groups is 1. The van der Waals surface area contributed by atoms with Crippen molar-refractivity contribution < 1.29 is 22.8 Å². The summed E-state index contributed by atoms with van der Waals surface area (Å²) in [4.78, 5) is 28.3. The summed E-state index contributed by atoms with van der Waals surface area (Å²) in [5.74, 6) is 0.0684. The van der Waals surface area contributed by atoms with Crippen molar-refractivity contribution in [2.24, 2.45) is 0 Å². The number of hydrogen-bond acceptors (Lipinski definition) is 5. The predicted octanol–water partition coefficient (Wildman–Crippen LogP) is 4.84. The summed E-state index contributed by atoms with van der Waals surface area (Å²) in [6, 6.07) is 13.5. The van der Waals surface area contributed by atoms with E-state index in [1.165, 1.54) is 23.3 Å². The number of furan rings is 1. The molecule has 1 aliphatic rings. The van der Waals surface area contributed by atoms with Crippen molar-refractivity contribution in [2.45, 2.75) is 12.6 Å². The molecule has 2 aromatic heterocycles. The van der Waals surface area contributed by atoms with E-state index in [0.29, 0.717) is 23.7 Å². The van der Waals surface area contributed by atoms with Crippen molar-refractivity contribution in [2.75, 3.05) is 6.61 Å². The molecule has 32 heavy (non-hydrogen) atoms. The van der Waals surface area contributed by atoms with Gasteiger partial charge in [0.05, 0.1) is 29.8 Å². The van der Waals surface area contributed by atoms with E-state index < -0.39 is 23.2 Å². The fourth-order valence-electron chi connectivity index (χ4n) is 4.00. The molecule has 7 heteroatoms. The fourth-order valence-corrected chi connectivity index (χ4v) is 4.00. The second kappa shape index (κ2) is 7.85. The third-order valence-corrected chi connectivity index (χ3v) is 5.38. The van der Waals surface area contributed by atoms with E-state index in [1.807, 2.05) is 0 Å². The zero-order chi connectivity index (χ0) is 22.2. The second-order valence-electron chi connectivity index (χ2n) is 7.40. The molecule has 1 unspecified atom stereocenters. The standard InChI is InChI=1S/C25H18FNO5/c1-2-10-30-17-6-3-5-15(12-17)22-21-23(28)19-13-16(26)8-9-20(19)32-24(21)25(29)27(22)14-18-7-4-11-31-18/h2-9,11-13,22H,1,10,14H2. The van der Waals surface area contributed by atoms with E-state index in [4.69, 9.17) is 13.6 Å². The Bertz CT molecular complexity index is 1390. The number of rotatable bonds is 6. The highest BCUT2D eigenvalue weighted by Crippen LogP contribution is 2.40. The molecule has 0 fully saturated rings. The van der Waals surface area contributed by atoms with Crippen LogP contribution >= 0.6 is 0 Å². The molecule has 0 N–H and O–H groups in total. The number of hydrogen-bond donors (Lipinski definition) is 0. The van der Waals surface area contributed by atoms with Gasteiger partial charge in [0, 0.05) is 0 Å². The number of halogens is 1. The van der Waals surface area contributed by atoms with Crippen LogP contribution in [0.3, 0.4) is 0 Å². The molecule has 1 atom stereocenters. The van der Waals surface area contributed by atoms with Gasteiger partial charge in [-0.25, -0.2) is 4.39 Å². The minimum absolute atomic E-state index is 0.0527. The van der Waals surface area contributed by atoms with Crippen LogP contribution in [0.5, 0.6) is 5.75 Å². The highest BCUT2D eigenvalue weighted by molar-refractivity contribution is 5.99. The lowest BCUT2D eigenvalue weighted by molar-refractivity contribution is 0.0701. The normalized spacial score (nSPS) is 15.2. The third kappa shape index (κ3) is 3.28. The Morgan fingerprint density at radius 3 is 2.78 bits per heavy atom. The van der Waals surface area contributed by atoms with Crippen LogP contribution in [0, 0.1) is 5.82 Å². The highest BCUT2D eigenvalue weighted by atomic mass is 19.1. The Balaban J connectivity index is 1.71. The molecule has 0 radical (unpaired) electrons. The monoisotopic (exact) mass is 431 g/mol. The summed E-state index contributed by atoms with van der Waals surface area (Å²) in [7, 11) is 0. The van der Waals surface area contributed by atoms with Gasteiger partial charge >= 0.3 is 0 Å². The smallest absolute Gasteiger partial charge is 0.291 e. The number of carbonyl (C=O) groups excluding carboxylic acids is 1. The van der Waals surface area contributed by atoms with E-state index in [1.54, 1.807) is 42.5 Å². The first-order chi connectivity index (χ1) is 15.6. The molecule has 6 nitrogen and oxygen atoms in total. The zero-order valence-corrected chi connectivity index (χ0v) is 16.9. The minimum Gasteiger partial charge on any atom is -0.490 e. The molecule has 0 saturated heterocycles. The topological polar surface area (TPSA) is 72.9 Å². The molecule has 0 saturated carbocycles. The Labute approximate surface area is 182 Å². The summed E-state index contributed by atoms with van der Waals surface area (Å²) < 4.78 is 30.8. The first-order valence-corrected chi connectivity index (χ1v) is 10.00. The first-order valence-electron chi connectivity index (χ1n) is 10.00. The van der Waals surface area contributed by atoms with Crippen molar-refractivity contribution in [3.8, 4) is 5.75 Å². The van der Waals surface area contributed by atoms with Crippen LogP contribution < -0.4 is 10.2 Å². The summed E-state index contributed by atoms with van der Waals surface area (Å²) in [6.45, 7) is 4.08. The van der Waals surface area contributed by atoms with Gasteiger partial charge in [-0.1, -0.05) is 24.8 Å². The maximum Gasteiger partial charge on any atom is 0.291 e. The Morgan fingerprint density at radius 2 is 2.00 bits per heavy atom. The number of nitrogens with zero attached hydrogens (tertiary/aromatic N) is 1. The van der Waals surface area contributed by atoms with E-state index >= 15 is 0 Å². The highest BCUT2D eigenvalue weighted by Gasteiger charge is 2.43. The van der Waals surface area contributed by atoms with Crippen LogP contribution in [-0.4, -0.2) is 17.4 Å². The van der Waals surface area contributed by atoms with Gasteiger partial charge in [0.2, 0.25) is 5.76 Å². The molecule has 2 aromatic carbocycles. The summed E-state index contributed by atoms with van der Waals surface area (Å²) in [6.07, 6.45) is 3.14. The molecule has 1 amide bonds. The average Bonchev–Trinajstić information content (AvgIpc) is 3.41. The molecular formula is C25H18FNO5. The first kappa shape index (κ1) is 19.8. The Hall–Kier alpha value is -4.13. The van der Waals surface area contributed by atoms with E-state index in [2.05, 4.69) is 6.58 Å². The van der Waals surface area contributed by atoms with E-state index in [0.717, 1.165) is 6.07 Å². The van der Waals surface area contributed by atoms with Gasteiger partial charge in [0.25, 0.3) is 5.91 Å². The molecule has 4 aromatic rings. The molecule has 0 aliphatic carbocycles. The molecule has 160 valence electrons. The van der Waals surface area contributed by atoms with Crippen molar-refractivity contribution in [1.29, 1.82) is 0 Å². The number of ether oxygens (including phenoxy) is 1. The SMILES string of the molecule is C=CCOc1cccc(C2c3c(oc4ccc(F)cc4c3=O)C(=O)N2Cc2ccco2)c1. The Kier molecular flexibility index (Phi) is 4.86. The van der Waals surface area contributed by atoms with E-state index in [-0.39, 0.29) is 28.8 Å². The molecule has 3 heterocycles. The van der Waals surface area contributed by atoms with Gasteiger partial charge < -0.3 is 18.5 Å². The lowest BCUT2D eigenvalue weighted by Gasteiger charge is -2.24. The molecule has 0 spiro atoms. The summed E-state index contributed by atoms with van der Waals surface area (Å²) in [5.41, 5.74) is 0.539. The number of fused-ring (bicyclic) bond motifs is 2. The zero-order valence-electron chi connectivity index (χ0n) is 16.9. The van der Waals surface area contributed by atoms with Crippen molar-refractivity contribution in [3.63, 3.8) is 0 Å². The van der Waals surface area contributed by atoms with Crippen LogP contribution in [0.25, 0.3) is 11.0 Å². The van der Waals surface area contributed by atoms with Crippen molar-refractivity contribution in [1.82, 2.24) is 4.90 Å². The van der Waals surface area contributed by atoms with Gasteiger partial charge in [0.15, 0.2) is 5.43 Å². The minimum atomic E-state index is -0.751. The van der Waals surface area contributed by atoms with Gasteiger partial charge in [-0.2, -0.15) is 0 Å². The molecule has 0 bridgehead atoms. The lowest BCUT2D eigenvalue weighted by Crippen LogP contribution is -2.29. The van der Waals surface area contributed by atoms with Crippen LogP contribution in [0.1, 0.15) is 33.5 Å². The fraction of sp³-hybridized carbons (Fsp3) is 0.120. The van der Waals surface area contributed by atoms with Crippen molar-refractivity contribution in [3.05, 3.63) is 112 Å². The average molecular weight is 431 g/mol. The van der Waals surface area contributed by atoms with Crippen molar-refractivity contribution >= 4 is 16.9 Å². The largest absolute Gasteiger partial charge is 0.490 e. The summed E-state index contributed by atoms with van der Waals surface area (Å²) in [5, 5.41) is 0.0838.